The van der Waals surface area contributed by atoms with Crippen molar-refractivity contribution in [3.63, 3.8) is 0 Å². The second kappa shape index (κ2) is 5.92. The second-order valence-electron chi connectivity index (χ2n) is 4.47. The Morgan fingerprint density at radius 1 is 1.18 bits per heavy atom. The fraction of sp³-hybridized carbons (Fsp3) is 0.571. The van der Waals surface area contributed by atoms with E-state index in [0.29, 0.717) is 0 Å². The molecule has 2 atom stereocenters. The monoisotopic (exact) mass is 236 g/mol. The lowest BCUT2D eigenvalue weighted by Crippen LogP contribution is -2.25. The summed E-state index contributed by atoms with van der Waals surface area (Å²) in [5, 5.41) is 9.67. The van der Waals surface area contributed by atoms with E-state index in [1.165, 1.54) is 0 Å². The van der Waals surface area contributed by atoms with Crippen molar-refractivity contribution in [1.82, 2.24) is 0 Å². The molecule has 0 spiro atoms. The van der Waals surface area contributed by atoms with Crippen LogP contribution in [0.3, 0.4) is 0 Å². The summed E-state index contributed by atoms with van der Waals surface area (Å²) < 4.78 is 11.2. The van der Waals surface area contributed by atoms with E-state index >= 15 is 0 Å². The molecule has 0 radical (unpaired) electrons. The van der Waals surface area contributed by atoms with Gasteiger partial charge in [0.2, 0.25) is 0 Å². The third-order valence-electron chi connectivity index (χ3n) is 3.00. The van der Waals surface area contributed by atoms with Gasteiger partial charge >= 0.3 is 0 Å². The van der Waals surface area contributed by atoms with Gasteiger partial charge in [0.1, 0.15) is 17.6 Å². The number of hydrogen-bond donors (Lipinski definition) is 1. The third-order valence-corrected chi connectivity index (χ3v) is 3.00. The van der Waals surface area contributed by atoms with Crippen LogP contribution in [-0.2, 0) is 0 Å². The zero-order chi connectivity index (χ0) is 12.1. The van der Waals surface area contributed by atoms with E-state index in [1.54, 1.807) is 0 Å². The highest BCUT2D eigenvalue weighted by molar-refractivity contribution is 5.31. The summed E-state index contributed by atoms with van der Waals surface area (Å²) in [5.74, 6) is 1.67. The summed E-state index contributed by atoms with van der Waals surface area (Å²) in [6.45, 7) is 2.82. The number of hydrogen-bond acceptors (Lipinski definition) is 3. The Bertz CT molecular complexity index is 334. The first-order valence-corrected chi connectivity index (χ1v) is 6.37. The van der Waals surface area contributed by atoms with Gasteiger partial charge < -0.3 is 14.6 Å². The van der Waals surface area contributed by atoms with E-state index in [2.05, 4.69) is 6.92 Å². The highest BCUT2D eigenvalue weighted by Crippen LogP contribution is 2.25. The smallest absolute Gasteiger partial charge is 0.124 e. The average Bonchev–Trinajstić information content (AvgIpc) is 2.74. The van der Waals surface area contributed by atoms with Crippen LogP contribution in [-0.4, -0.2) is 23.9 Å². The first-order valence-electron chi connectivity index (χ1n) is 6.37. The minimum absolute atomic E-state index is 0.0441. The number of ether oxygens (including phenoxy) is 2. The Kier molecular flexibility index (Phi) is 4.26. The van der Waals surface area contributed by atoms with Crippen LogP contribution in [0.15, 0.2) is 24.3 Å². The van der Waals surface area contributed by atoms with Crippen LogP contribution in [0.4, 0.5) is 0 Å². The molecule has 3 nitrogen and oxygen atoms in total. The van der Waals surface area contributed by atoms with Crippen LogP contribution in [0, 0.1) is 0 Å². The SMILES string of the molecule is CCCOc1ccc(O[C@@H]2CCC[C@H]2O)cc1. The minimum Gasteiger partial charge on any atom is -0.494 e. The van der Waals surface area contributed by atoms with Crippen molar-refractivity contribution in [1.29, 1.82) is 0 Å². The Hall–Kier alpha value is -1.22. The van der Waals surface area contributed by atoms with Crippen molar-refractivity contribution < 1.29 is 14.6 Å². The number of rotatable bonds is 5. The first kappa shape index (κ1) is 12.2. The molecular formula is C14H20O3. The molecule has 17 heavy (non-hydrogen) atoms. The molecule has 1 fully saturated rings. The molecule has 94 valence electrons. The van der Waals surface area contributed by atoms with Crippen molar-refractivity contribution in [3.05, 3.63) is 24.3 Å². The largest absolute Gasteiger partial charge is 0.494 e. The first-order chi connectivity index (χ1) is 8.29. The van der Waals surface area contributed by atoms with Crippen LogP contribution in [0.1, 0.15) is 32.6 Å². The van der Waals surface area contributed by atoms with Gasteiger partial charge in [-0.15, -0.1) is 0 Å². The van der Waals surface area contributed by atoms with Crippen LogP contribution >= 0.6 is 0 Å². The van der Waals surface area contributed by atoms with Gasteiger partial charge in [-0.3, -0.25) is 0 Å². The van der Waals surface area contributed by atoms with Gasteiger partial charge in [0, 0.05) is 0 Å². The highest BCUT2D eigenvalue weighted by atomic mass is 16.5. The Morgan fingerprint density at radius 2 is 1.88 bits per heavy atom. The summed E-state index contributed by atoms with van der Waals surface area (Å²) in [6, 6.07) is 7.62. The summed E-state index contributed by atoms with van der Waals surface area (Å²) >= 11 is 0. The third kappa shape index (κ3) is 3.37. The second-order valence-corrected chi connectivity index (χ2v) is 4.47. The number of aliphatic hydroxyl groups excluding tert-OH is 1. The molecule has 0 aromatic heterocycles. The molecule has 1 N–H and O–H groups in total. The van der Waals surface area contributed by atoms with Crippen molar-refractivity contribution in [3.8, 4) is 11.5 Å². The molecule has 0 bridgehead atoms. The van der Waals surface area contributed by atoms with Gasteiger partial charge in [0.25, 0.3) is 0 Å². The van der Waals surface area contributed by atoms with Gasteiger partial charge in [0.15, 0.2) is 0 Å². The van der Waals surface area contributed by atoms with E-state index < -0.39 is 0 Å². The molecule has 1 aliphatic rings. The molecule has 2 rings (SSSR count). The Balaban J connectivity index is 1.89. The highest BCUT2D eigenvalue weighted by Gasteiger charge is 2.26. The van der Waals surface area contributed by atoms with Crippen LogP contribution in [0.25, 0.3) is 0 Å². The van der Waals surface area contributed by atoms with Crippen molar-refractivity contribution in [2.75, 3.05) is 6.61 Å². The van der Waals surface area contributed by atoms with E-state index in [0.717, 1.165) is 43.8 Å². The summed E-state index contributed by atoms with van der Waals surface area (Å²) in [6.07, 6.45) is 3.48. The molecule has 0 amide bonds. The van der Waals surface area contributed by atoms with Crippen LogP contribution < -0.4 is 9.47 Å². The van der Waals surface area contributed by atoms with E-state index in [9.17, 15) is 5.11 Å². The number of benzene rings is 1. The molecule has 0 aliphatic heterocycles. The average molecular weight is 236 g/mol. The minimum atomic E-state index is -0.314. The van der Waals surface area contributed by atoms with Crippen LogP contribution in [0.2, 0.25) is 0 Å². The molecule has 1 saturated carbocycles. The lowest BCUT2D eigenvalue weighted by Gasteiger charge is -2.17. The zero-order valence-corrected chi connectivity index (χ0v) is 10.3. The maximum absolute atomic E-state index is 9.67. The van der Waals surface area contributed by atoms with Crippen molar-refractivity contribution >= 4 is 0 Å². The number of aliphatic hydroxyl groups is 1. The zero-order valence-electron chi connectivity index (χ0n) is 10.3. The topological polar surface area (TPSA) is 38.7 Å². The molecule has 1 aromatic carbocycles. The predicted molar refractivity (Wildman–Crippen MR) is 66.5 cm³/mol. The van der Waals surface area contributed by atoms with E-state index in [1.807, 2.05) is 24.3 Å². The van der Waals surface area contributed by atoms with Gasteiger partial charge in [-0.2, -0.15) is 0 Å². The maximum Gasteiger partial charge on any atom is 0.124 e. The molecule has 1 aliphatic carbocycles. The van der Waals surface area contributed by atoms with Crippen LogP contribution in [0.5, 0.6) is 11.5 Å². The standard InChI is InChI=1S/C14H20O3/c1-2-10-16-11-6-8-12(9-7-11)17-14-5-3-4-13(14)15/h6-9,13-15H,2-5,10H2,1H3/t13-,14-/m1/s1. The molecule has 0 unspecified atom stereocenters. The Morgan fingerprint density at radius 3 is 2.47 bits per heavy atom. The summed E-state index contributed by atoms with van der Waals surface area (Å²) in [4.78, 5) is 0. The molecule has 1 aromatic rings. The molecule has 0 saturated heterocycles. The fourth-order valence-corrected chi connectivity index (χ4v) is 2.05. The lowest BCUT2D eigenvalue weighted by molar-refractivity contribution is 0.0603. The fourth-order valence-electron chi connectivity index (χ4n) is 2.05. The Labute approximate surface area is 102 Å². The van der Waals surface area contributed by atoms with Gasteiger partial charge in [0.05, 0.1) is 12.7 Å². The van der Waals surface area contributed by atoms with Crippen molar-refractivity contribution in [2.45, 2.75) is 44.8 Å². The maximum atomic E-state index is 9.67. The summed E-state index contributed by atoms with van der Waals surface area (Å²) in [5.41, 5.74) is 0. The van der Waals surface area contributed by atoms with Gasteiger partial charge in [-0.05, 0) is 49.9 Å². The summed E-state index contributed by atoms with van der Waals surface area (Å²) in [7, 11) is 0. The van der Waals surface area contributed by atoms with Gasteiger partial charge in [-0.25, -0.2) is 0 Å². The normalized spacial score (nSPS) is 23.6. The quantitative estimate of drug-likeness (QED) is 0.854. The van der Waals surface area contributed by atoms with E-state index in [4.69, 9.17) is 9.47 Å². The lowest BCUT2D eigenvalue weighted by atomic mass is 10.2. The van der Waals surface area contributed by atoms with Gasteiger partial charge in [-0.1, -0.05) is 6.92 Å². The molecule has 0 heterocycles. The predicted octanol–water partition coefficient (Wildman–Crippen LogP) is 2.77. The molecular weight excluding hydrogens is 216 g/mol. The molecule has 3 heteroatoms. The van der Waals surface area contributed by atoms with E-state index in [-0.39, 0.29) is 12.2 Å². The van der Waals surface area contributed by atoms with Crippen molar-refractivity contribution in [2.24, 2.45) is 0 Å².